The van der Waals surface area contributed by atoms with Crippen LogP contribution in [0.1, 0.15) is 43.4 Å². The van der Waals surface area contributed by atoms with Crippen LogP contribution < -0.4 is 10.2 Å². The Morgan fingerprint density at radius 3 is 2.76 bits per heavy atom. The van der Waals surface area contributed by atoms with Gasteiger partial charge in [-0.15, -0.1) is 0 Å². The summed E-state index contributed by atoms with van der Waals surface area (Å²) < 4.78 is 6.50. The Balaban J connectivity index is 1.15. The first kappa shape index (κ1) is 28.5. The van der Waals surface area contributed by atoms with Crippen molar-refractivity contribution in [2.75, 3.05) is 20.1 Å². The molecule has 5 heterocycles. The van der Waals surface area contributed by atoms with Gasteiger partial charge in [0.1, 0.15) is 24.0 Å². The first-order chi connectivity index (χ1) is 21.6. The third-order valence-electron chi connectivity index (χ3n) is 10.9. The van der Waals surface area contributed by atoms with Crippen LogP contribution in [0.2, 0.25) is 0 Å². The number of likely N-dealkylation sites (N-methyl/N-ethyl adjacent to an activating group) is 1. The summed E-state index contributed by atoms with van der Waals surface area (Å²) >= 11 is 0. The van der Waals surface area contributed by atoms with Gasteiger partial charge in [-0.1, -0.05) is 62.4 Å². The van der Waals surface area contributed by atoms with Crippen molar-refractivity contribution in [2.24, 2.45) is 11.8 Å². The lowest BCUT2D eigenvalue weighted by molar-refractivity contribution is -0.900. The number of nitrogens with one attached hydrogen (secondary N) is 3. The van der Waals surface area contributed by atoms with E-state index in [0.717, 1.165) is 28.6 Å². The van der Waals surface area contributed by atoms with Gasteiger partial charge in [-0.3, -0.25) is 24.0 Å². The summed E-state index contributed by atoms with van der Waals surface area (Å²) in [6.07, 6.45) is 6.48. The van der Waals surface area contributed by atoms with E-state index in [2.05, 4.69) is 41.8 Å². The topological polar surface area (TPSA) is 119 Å². The molecule has 1 aliphatic carbocycles. The van der Waals surface area contributed by atoms with Crippen molar-refractivity contribution in [1.82, 2.24) is 20.1 Å². The number of carbonyl (C=O) groups is 3. The number of aliphatic hydroxyl groups is 1. The average molecular weight is 611 g/mol. The number of rotatable bonds is 5. The van der Waals surface area contributed by atoms with E-state index in [-0.39, 0.29) is 24.3 Å². The van der Waals surface area contributed by atoms with Crippen molar-refractivity contribution >= 4 is 34.2 Å². The highest BCUT2D eigenvalue weighted by Gasteiger charge is 2.72. The fourth-order valence-corrected chi connectivity index (χ4v) is 8.60. The molecule has 0 saturated carbocycles. The van der Waals surface area contributed by atoms with Crippen LogP contribution in [0.4, 0.5) is 0 Å². The van der Waals surface area contributed by atoms with Gasteiger partial charge in [-0.2, -0.15) is 0 Å². The summed E-state index contributed by atoms with van der Waals surface area (Å²) in [6, 6.07) is 14.3. The molecule has 3 amide bonds. The third kappa shape index (κ3) is 4.01. The van der Waals surface area contributed by atoms with Gasteiger partial charge in [0.25, 0.3) is 11.8 Å². The zero-order chi connectivity index (χ0) is 31.2. The van der Waals surface area contributed by atoms with Crippen molar-refractivity contribution in [1.29, 1.82) is 0 Å². The number of aromatic nitrogens is 1. The zero-order valence-electron chi connectivity index (χ0n) is 25.9. The van der Waals surface area contributed by atoms with Crippen molar-refractivity contribution in [2.45, 2.75) is 69.3 Å². The van der Waals surface area contributed by atoms with Crippen molar-refractivity contribution in [3.63, 3.8) is 0 Å². The van der Waals surface area contributed by atoms with E-state index in [1.807, 2.05) is 50.2 Å². The molecule has 0 radical (unpaired) electrons. The van der Waals surface area contributed by atoms with Crippen LogP contribution in [0.3, 0.4) is 0 Å². The SMILES string of the molecule is CC(C)[C@]1(NC(=O)[C@@H]2C=C3c4cccc5[nH]cc(c45)C[C@H]3[NH+](C)C2)O[C@@]2(O)[C@@H]3CCCN3C(=O)[C@H](Cc3ccccc3)N2C1=O. The van der Waals surface area contributed by atoms with E-state index in [4.69, 9.17) is 4.74 Å². The Hall–Kier alpha value is -3.99. The van der Waals surface area contributed by atoms with E-state index in [1.54, 1.807) is 4.90 Å². The number of aromatic amines is 1. The lowest BCUT2D eigenvalue weighted by Crippen LogP contribution is -3.15. The minimum Gasteiger partial charge on any atom is -0.361 e. The maximum atomic E-state index is 14.6. The molecule has 10 heteroatoms. The molecule has 3 saturated heterocycles. The molecule has 0 spiro atoms. The minimum absolute atomic E-state index is 0.197. The van der Waals surface area contributed by atoms with Crippen molar-refractivity contribution < 1.29 is 29.1 Å². The van der Waals surface area contributed by atoms with Gasteiger partial charge in [0.15, 0.2) is 0 Å². The molecule has 0 bridgehead atoms. The number of nitrogens with zero attached hydrogens (tertiary/aromatic N) is 2. The zero-order valence-corrected chi connectivity index (χ0v) is 25.9. The second-order valence-electron chi connectivity index (χ2n) is 13.8. The lowest BCUT2D eigenvalue weighted by atomic mass is 9.79. The van der Waals surface area contributed by atoms with Gasteiger partial charge in [-0.25, -0.2) is 0 Å². The molecule has 8 rings (SSSR count). The van der Waals surface area contributed by atoms with E-state index in [0.29, 0.717) is 25.9 Å². The first-order valence-electron chi connectivity index (χ1n) is 16.2. The molecule has 1 unspecified atom stereocenters. The Morgan fingerprint density at radius 2 is 1.98 bits per heavy atom. The number of hydrogen-bond acceptors (Lipinski definition) is 5. The van der Waals surface area contributed by atoms with Crippen LogP contribution in [-0.4, -0.2) is 87.5 Å². The summed E-state index contributed by atoms with van der Waals surface area (Å²) in [4.78, 5) is 50.3. The van der Waals surface area contributed by atoms with E-state index < -0.39 is 41.5 Å². The molecule has 1 aromatic heterocycles. The monoisotopic (exact) mass is 610 g/mol. The maximum Gasteiger partial charge on any atom is 0.281 e. The molecule has 4 N–H and O–H groups in total. The first-order valence-corrected chi connectivity index (χ1v) is 16.2. The highest BCUT2D eigenvalue weighted by molar-refractivity contribution is 6.00. The fourth-order valence-electron chi connectivity index (χ4n) is 8.60. The van der Waals surface area contributed by atoms with Gasteiger partial charge >= 0.3 is 0 Å². The Bertz CT molecular complexity index is 1750. The maximum absolute atomic E-state index is 14.6. The van der Waals surface area contributed by atoms with Gasteiger partial charge in [0.05, 0.1) is 13.6 Å². The predicted octanol–water partition coefficient (Wildman–Crippen LogP) is 1.21. The van der Waals surface area contributed by atoms with Crippen LogP contribution >= 0.6 is 0 Å². The largest absolute Gasteiger partial charge is 0.361 e. The second-order valence-corrected chi connectivity index (χ2v) is 13.8. The Kier molecular flexibility index (Phi) is 6.33. The van der Waals surface area contributed by atoms with E-state index in [1.165, 1.54) is 20.7 Å². The highest BCUT2D eigenvalue weighted by atomic mass is 16.7. The molecule has 234 valence electrons. The molecular formula is C35H40N5O5+. The van der Waals surface area contributed by atoms with E-state index in [9.17, 15) is 19.5 Å². The van der Waals surface area contributed by atoms with Crippen LogP contribution in [0.5, 0.6) is 0 Å². The van der Waals surface area contributed by atoms with Gasteiger partial charge in [0.2, 0.25) is 17.5 Å². The lowest BCUT2D eigenvalue weighted by Gasteiger charge is -2.48. The van der Waals surface area contributed by atoms with Gasteiger partial charge < -0.3 is 25.2 Å². The number of ether oxygens (including phenoxy) is 1. The van der Waals surface area contributed by atoms with Crippen LogP contribution in [0.25, 0.3) is 16.5 Å². The number of H-pyrrole nitrogens is 1. The summed E-state index contributed by atoms with van der Waals surface area (Å²) in [7, 11) is 2.11. The molecule has 7 atom stereocenters. The molecule has 3 fully saturated rings. The number of quaternary nitrogens is 1. The van der Waals surface area contributed by atoms with Crippen molar-refractivity contribution in [3.05, 3.63) is 77.5 Å². The number of benzene rings is 2. The quantitative estimate of drug-likeness (QED) is 0.347. The Morgan fingerprint density at radius 1 is 1.18 bits per heavy atom. The number of amides is 3. The highest BCUT2D eigenvalue weighted by Crippen LogP contribution is 2.48. The number of carbonyl (C=O) groups excluding carboxylic acids is 3. The molecule has 5 aliphatic rings. The smallest absolute Gasteiger partial charge is 0.281 e. The number of fused-ring (bicyclic) bond motifs is 5. The minimum atomic E-state index is -2.06. The Labute approximate surface area is 262 Å². The molecule has 45 heavy (non-hydrogen) atoms. The molecule has 10 nitrogen and oxygen atoms in total. The normalized spacial score (nSPS) is 33.7. The predicted molar refractivity (Wildman–Crippen MR) is 166 cm³/mol. The molecule has 4 aliphatic heterocycles. The van der Waals surface area contributed by atoms with E-state index >= 15 is 0 Å². The third-order valence-corrected chi connectivity index (χ3v) is 10.9. The fraction of sp³-hybridized carbons (Fsp3) is 0.457. The summed E-state index contributed by atoms with van der Waals surface area (Å²) in [5.41, 5.74) is 3.69. The molecule has 2 aromatic carbocycles. The van der Waals surface area contributed by atoms with Crippen molar-refractivity contribution in [3.8, 4) is 0 Å². The van der Waals surface area contributed by atoms with Crippen LogP contribution in [-0.2, 0) is 32.0 Å². The average Bonchev–Trinajstić information content (AvgIpc) is 3.74. The van der Waals surface area contributed by atoms with Crippen LogP contribution in [0.15, 0.2) is 60.8 Å². The standard InChI is InChI=1S/C35H39N5O5/c1-20(2)34(37-31(41)23-16-25-24-11-7-12-26-30(24)22(18-36-26)17-27(25)38(3)19-23)33(43)40-28(15-21-9-5-4-6-10-21)32(42)39-14-8-13-29(39)35(40,44)45-34/h4-7,9-12,16,18,20,23,27-29,36,44H,8,13-15,17,19H2,1-3H3,(H,37,41)/p+1/t23-,27-,28+,29+,34+,35+/m1/s1. The van der Waals surface area contributed by atoms with Gasteiger partial charge in [0, 0.05) is 48.0 Å². The number of piperazine rings is 1. The molecule has 3 aromatic rings. The summed E-state index contributed by atoms with van der Waals surface area (Å²) in [5.74, 6) is -4.19. The molecular weight excluding hydrogens is 570 g/mol. The number of hydrogen-bond donors (Lipinski definition) is 4. The summed E-state index contributed by atoms with van der Waals surface area (Å²) in [6.45, 7) is 4.66. The summed E-state index contributed by atoms with van der Waals surface area (Å²) in [5, 5.41) is 16.5. The van der Waals surface area contributed by atoms with Gasteiger partial charge in [-0.05, 0) is 35.6 Å². The second kappa shape index (κ2) is 10.0. The van der Waals surface area contributed by atoms with Crippen LogP contribution in [0, 0.1) is 11.8 Å².